The Kier molecular flexibility index (Phi) is 4.96. The molecule has 21 heavy (non-hydrogen) atoms. The maximum absolute atomic E-state index is 11.0. The second-order valence-corrected chi connectivity index (χ2v) is 6.53. The molecule has 1 saturated carbocycles. The minimum atomic E-state index is -0.898. The Morgan fingerprint density at radius 2 is 2.19 bits per heavy atom. The van der Waals surface area contributed by atoms with Crippen molar-refractivity contribution in [3.63, 3.8) is 0 Å². The van der Waals surface area contributed by atoms with Gasteiger partial charge in [-0.1, -0.05) is 20.3 Å². The number of rotatable bonds is 6. The predicted molar refractivity (Wildman–Crippen MR) is 77.7 cm³/mol. The lowest BCUT2D eigenvalue weighted by Crippen LogP contribution is -2.45. The zero-order chi connectivity index (χ0) is 15.7. The summed E-state index contributed by atoms with van der Waals surface area (Å²) in [6, 6.07) is 0. The lowest BCUT2D eigenvalue weighted by Gasteiger charge is -2.38. The summed E-state index contributed by atoms with van der Waals surface area (Å²) in [5, 5.41) is 10.8. The molecule has 5 heteroatoms. The molecule has 0 aromatic carbocycles. The van der Waals surface area contributed by atoms with Crippen LogP contribution in [0.4, 0.5) is 0 Å². The van der Waals surface area contributed by atoms with Gasteiger partial charge in [0.1, 0.15) is 17.3 Å². The van der Waals surface area contributed by atoms with E-state index in [9.17, 15) is 9.90 Å². The van der Waals surface area contributed by atoms with E-state index in [0.29, 0.717) is 19.3 Å². The Hall–Kier alpha value is -0.650. The van der Waals surface area contributed by atoms with Gasteiger partial charge in [-0.2, -0.15) is 0 Å². The largest absolute Gasteiger partial charge is 0.463 e. The standard InChI is InChI=1S/C16H28O5/c1-5-7-14-20-13(6-2)9-16(21-14)10-15(16,18)8-11(3)19-12(4)17/h11,13-14,18H,5-10H2,1-4H3. The van der Waals surface area contributed by atoms with Crippen molar-refractivity contribution in [2.24, 2.45) is 0 Å². The van der Waals surface area contributed by atoms with Crippen molar-refractivity contribution in [2.45, 2.75) is 95.9 Å². The van der Waals surface area contributed by atoms with Crippen molar-refractivity contribution in [1.82, 2.24) is 0 Å². The summed E-state index contributed by atoms with van der Waals surface area (Å²) in [5.41, 5.74) is -1.41. The normalized spacial score (nSPS) is 40.0. The summed E-state index contributed by atoms with van der Waals surface area (Å²) in [6.45, 7) is 7.39. The fourth-order valence-electron chi connectivity index (χ4n) is 3.46. The van der Waals surface area contributed by atoms with Crippen molar-refractivity contribution in [1.29, 1.82) is 0 Å². The lowest BCUT2D eigenvalue weighted by atomic mass is 9.99. The molecule has 0 bridgehead atoms. The predicted octanol–water partition coefficient (Wildman–Crippen LogP) is 2.54. The molecular weight excluding hydrogens is 272 g/mol. The molecule has 5 atom stereocenters. The van der Waals surface area contributed by atoms with E-state index in [2.05, 4.69) is 13.8 Å². The highest BCUT2D eigenvalue weighted by molar-refractivity contribution is 5.66. The Labute approximate surface area is 126 Å². The second-order valence-electron chi connectivity index (χ2n) is 6.53. The van der Waals surface area contributed by atoms with E-state index >= 15 is 0 Å². The molecule has 5 unspecified atom stereocenters. The number of carbonyl (C=O) groups is 1. The van der Waals surface area contributed by atoms with Gasteiger partial charge in [-0.05, 0) is 19.8 Å². The fourth-order valence-corrected chi connectivity index (χ4v) is 3.46. The zero-order valence-electron chi connectivity index (χ0n) is 13.6. The van der Waals surface area contributed by atoms with Crippen LogP contribution in [0.5, 0.6) is 0 Å². The maximum Gasteiger partial charge on any atom is 0.302 e. The van der Waals surface area contributed by atoms with Crippen LogP contribution in [-0.2, 0) is 19.0 Å². The highest BCUT2D eigenvalue weighted by atomic mass is 16.7. The Morgan fingerprint density at radius 3 is 2.76 bits per heavy atom. The van der Waals surface area contributed by atoms with Crippen molar-refractivity contribution < 1.29 is 24.1 Å². The summed E-state index contributed by atoms with van der Waals surface area (Å²) in [5.74, 6) is -0.316. The molecular formula is C16H28O5. The van der Waals surface area contributed by atoms with Crippen molar-refractivity contribution >= 4 is 5.97 Å². The molecule has 0 aromatic rings. The number of aliphatic hydroxyl groups is 1. The third-order valence-corrected chi connectivity index (χ3v) is 4.53. The first kappa shape index (κ1) is 16.7. The zero-order valence-corrected chi connectivity index (χ0v) is 13.6. The lowest BCUT2D eigenvalue weighted by molar-refractivity contribution is -0.270. The van der Waals surface area contributed by atoms with Gasteiger partial charge in [0.25, 0.3) is 0 Å². The molecule has 1 N–H and O–H groups in total. The Bertz CT molecular complexity index is 385. The van der Waals surface area contributed by atoms with Gasteiger partial charge in [0.15, 0.2) is 6.29 Å². The van der Waals surface area contributed by atoms with Crippen LogP contribution in [0.25, 0.3) is 0 Å². The summed E-state index contributed by atoms with van der Waals surface area (Å²) < 4.78 is 17.1. The van der Waals surface area contributed by atoms with Gasteiger partial charge >= 0.3 is 5.97 Å². The molecule has 0 aromatic heterocycles. The summed E-state index contributed by atoms with van der Waals surface area (Å²) in [6.07, 6.45) is 4.08. The first-order valence-electron chi connectivity index (χ1n) is 8.07. The summed E-state index contributed by atoms with van der Waals surface area (Å²) in [4.78, 5) is 11.0. The average Bonchev–Trinajstić information content (AvgIpc) is 2.89. The van der Waals surface area contributed by atoms with E-state index in [4.69, 9.17) is 14.2 Å². The maximum atomic E-state index is 11.0. The van der Waals surface area contributed by atoms with Gasteiger partial charge in [0, 0.05) is 26.2 Å². The van der Waals surface area contributed by atoms with E-state index in [1.165, 1.54) is 6.92 Å². The molecule has 5 nitrogen and oxygen atoms in total. The van der Waals surface area contributed by atoms with Gasteiger partial charge in [-0.15, -0.1) is 0 Å². The minimum absolute atomic E-state index is 0.133. The van der Waals surface area contributed by atoms with E-state index < -0.39 is 11.2 Å². The van der Waals surface area contributed by atoms with Gasteiger partial charge in [0.05, 0.1) is 6.10 Å². The van der Waals surface area contributed by atoms with E-state index in [1.807, 2.05) is 6.92 Å². The number of hydrogen-bond acceptors (Lipinski definition) is 5. The molecule has 1 aliphatic carbocycles. The number of ether oxygens (including phenoxy) is 3. The first-order chi connectivity index (χ1) is 9.84. The Morgan fingerprint density at radius 1 is 1.48 bits per heavy atom. The van der Waals surface area contributed by atoms with Crippen molar-refractivity contribution in [2.75, 3.05) is 0 Å². The van der Waals surface area contributed by atoms with E-state index in [-0.39, 0.29) is 24.5 Å². The third kappa shape index (κ3) is 3.58. The second kappa shape index (κ2) is 6.23. The molecule has 1 heterocycles. The average molecular weight is 300 g/mol. The highest BCUT2D eigenvalue weighted by Gasteiger charge is 2.71. The highest BCUT2D eigenvalue weighted by Crippen LogP contribution is 2.59. The Balaban J connectivity index is 2.00. The van der Waals surface area contributed by atoms with Crippen LogP contribution < -0.4 is 0 Å². The molecule has 122 valence electrons. The molecule has 0 radical (unpaired) electrons. The summed E-state index contributed by atoms with van der Waals surface area (Å²) in [7, 11) is 0. The van der Waals surface area contributed by atoms with Crippen LogP contribution in [-0.4, -0.2) is 40.8 Å². The molecule has 1 aliphatic heterocycles. The fraction of sp³-hybridized carbons (Fsp3) is 0.938. The topological polar surface area (TPSA) is 65.0 Å². The van der Waals surface area contributed by atoms with Crippen LogP contribution in [0.3, 0.4) is 0 Å². The third-order valence-electron chi connectivity index (χ3n) is 4.53. The molecule has 0 amide bonds. The number of esters is 1. The van der Waals surface area contributed by atoms with Crippen molar-refractivity contribution in [3.05, 3.63) is 0 Å². The smallest absolute Gasteiger partial charge is 0.302 e. The van der Waals surface area contributed by atoms with E-state index in [0.717, 1.165) is 19.3 Å². The van der Waals surface area contributed by atoms with Gasteiger partial charge in [-0.3, -0.25) is 4.79 Å². The molecule has 1 saturated heterocycles. The van der Waals surface area contributed by atoms with E-state index in [1.54, 1.807) is 0 Å². The number of hydrogen-bond donors (Lipinski definition) is 1. The minimum Gasteiger partial charge on any atom is -0.463 e. The number of carbonyl (C=O) groups excluding carboxylic acids is 1. The summed E-state index contributed by atoms with van der Waals surface area (Å²) >= 11 is 0. The van der Waals surface area contributed by atoms with Crippen LogP contribution in [0, 0.1) is 0 Å². The first-order valence-corrected chi connectivity index (χ1v) is 8.07. The van der Waals surface area contributed by atoms with Gasteiger partial charge in [0.2, 0.25) is 0 Å². The van der Waals surface area contributed by atoms with Gasteiger partial charge in [-0.25, -0.2) is 0 Å². The van der Waals surface area contributed by atoms with Crippen LogP contribution in [0.1, 0.15) is 66.2 Å². The van der Waals surface area contributed by atoms with Crippen LogP contribution in [0.15, 0.2) is 0 Å². The molecule has 2 aliphatic rings. The molecule has 2 rings (SSSR count). The quantitative estimate of drug-likeness (QED) is 0.764. The van der Waals surface area contributed by atoms with Crippen LogP contribution in [0.2, 0.25) is 0 Å². The molecule has 2 fully saturated rings. The van der Waals surface area contributed by atoms with Crippen LogP contribution >= 0.6 is 0 Å². The molecule has 1 spiro atoms. The monoisotopic (exact) mass is 300 g/mol. The van der Waals surface area contributed by atoms with Crippen molar-refractivity contribution in [3.8, 4) is 0 Å². The van der Waals surface area contributed by atoms with Gasteiger partial charge < -0.3 is 19.3 Å². The SMILES string of the molecule is CCCC1OC(CC)CC2(CC2(O)CC(C)OC(C)=O)O1.